The zero-order valence-electron chi connectivity index (χ0n) is 17.5. The Morgan fingerprint density at radius 1 is 1.29 bits per heavy atom. The molecule has 1 aliphatic heterocycles. The van der Waals surface area contributed by atoms with E-state index in [-0.39, 0.29) is 24.4 Å². The molecule has 0 N–H and O–H groups in total. The van der Waals surface area contributed by atoms with E-state index in [1.54, 1.807) is 12.2 Å². The number of benzene rings is 1. The molecule has 0 radical (unpaired) electrons. The van der Waals surface area contributed by atoms with E-state index < -0.39 is 5.60 Å². The summed E-state index contributed by atoms with van der Waals surface area (Å²) in [5, 5.41) is 0. The van der Waals surface area contributed by atoms with Gasteiger partial charge in [-0.1, -0.05) is 38.1 Å². The van der Waals surface area contributed by atoms with Gasteiger partial charge in [-0.3, -0.25) is 4.79 Å². The fourth-order valence-electron chi connectivity index (χ4n) is 3.76. The predicted octanol–water partition coefficient (Wildman–Crippen LogP) is 4.87. The van der Waals surface area contributed by atoms with Crippen molar-refractivity contribution >= 4 is 12.1 Å². The van der Waals surface area contributed by atoms with Crippen LogP contribution in [0.4, 0.5) is 0 Å². The van der Waals surface area contributed by atoms with Crippen molar-refractivity contribution in [2.75, 3.05) is 6.79 Å². The third-order valence-corrected chi connectivity index (χ3v) is 5.71. The third kappa shape index (κ3) is 4.99. The van der Waals surface area contributed by atoms with Gasteiger partial charge in [0.25, 0.3) is 0 Å². The van der Waals surface area contributed by atoms with E-state index in [4.69, 9.17) is 9.47 Å². The summed E-state index contributed by atoms with van der Waals surface area (Å²) in [6.07, 6.45) is 7.33. The lowest BCUT2D eigenvalue weighted by molar-refractivity contribution is -0.122. The zero-order chi connectivity index (χ0) is 20.7. The van der Waals surface area contributed by atoms with Crippen molar-refractivity contribution in [1.29, 1.82) is 0 Å². The lowest BCUT2D eigenvalue weighted by Crippen LogP contribution is -2.44. The van der Waals surface area contributed by atoms with Crippen molar-refractivity contribution in [1.82, 2.24) is 0 Å². The van der Waals surface area contributed by atoms with Crippen LogP contribution in [0.5, 0.6) is 0 Å². The molecule has 1 saturated heterocycles. The molecule has 3 rings (SSSR count). The standard InChI is InChI=1S/C19H24O3.C5H8O/c1-12-5-6-16(7-13(12)2)8-15(4)19-10-14(3)17(20)9-18(19)21-11-22-19;1-2-3-4-5-6/h5-7,9,14-15H,8,10-11H2,1-4H3;2,5H,1,3-4H2/t14-,15?,19-;/m1./s1. The molecule has 152 valence electrons. The third-order valence-electron chi connectivity index (χ3n) is 5.71. The summed E-state index contributed by atoms with van der Waals surface area (Å²) < 4.78 is 11.6. The minimum absolute atomic E-state index is 0.00680. The number of aryl methyl sites for hydroxylation is 2. The van der Waals surface area contributed by atoms with Crippen LogP contribution >= 0.6 is 0 Å². The highest BCUT2D eigenvalue weighted by Crippen LogP contribution is 2.45. The van der Waals surface area contributed by atoms with Crippen molar-refractivity contribution in [3.63, 3.8) is 0 Å². The Morgan fingerprint density at radius 2 is 2.04 bits per heavy atom. The first-order valence-electron chi connectivity index (χ1n) is 9.97. The fourth-order valence-corrected chi connectivity index (χ4v) is 3.76. The van der Waals surface area contributed by atoms with Gasteiger partial charge < -0.3 is 14.3 Å². The first-order valence-corrected chi connectivity index (χ1v) is 9.97. The van der Waals surface area contributed by atoms with Crippen LogP contribution in [0.2, 0.25) is 0 Å². The molecule has 4 nitrogen and oxygen atoms in total. The van der Waals surface area contributed by atoms with Gasteiger partial charge in [-0.2, -0.15) is 0 Å². The van der Waals surface area contributed by atoms with Gasteiger partial charge in [0.1, 0.15) is 17.6 Å². The summed E-state index contributed by atoms with van der Waals surface area (Å²) in [5.74, 6) is 1.13. The number of unbranched alkanes of at least 4 members (excludes halogenated alkanes) is 1. The first kappa shape index (κ1) is 22.1. The topological polar surface area (TPSA) is 52.6 Å². The van der Waals surface area contributed by atoms with Crippen molar-refractivity contribution in [3.05, 3.63) is 59.4 Å². The molecule has 0 amide bonds. The van der Waals surface area contributed by atoms with E-state index in [2.05, 4.69) is 45.5 Å². The van der Waals surface area contributed by atoms with Gasteiger partial charge >= 0.3 is 0 Å². The smallest absolute Gasteiger partial charge is 0.189 e. The minimum Gasteiger partial charge on any atom is -0.469 e. The van der Waals surface area contributed by atoms with Gasteiger partial charge in [0, 0.05) is 18.4 Å². The molecule has 3 atom stereocenters. The maximum absolute atomic E-state index is 11.9. The number of rotatable bonds is 6. The number of allylic oxidation sites excluding steroid dienone is 2. The van der Waals surface area contributed by atoms with Gasteiger partial charge in [0.05, 0.1) is 0 Å². The molecule has 1 aromatic rings. The van der Waals surface area contributed by atoms with Gasteiger partial charge in [-0.15, -0.1) is 6.58 Å². The Morgan fingerprint density at radius 3 is 2.64 bits per heavy atom. The molecule has 0 saturated carbocycles. The predicted molar refractivity (Wildman–Crippen MR) is 111 cm³/mol. The highest BCUT2D eigenvalue weighted by Gasteiger charge is 2.50. The first-order chi connectivity index (χ1) is 13.3. The van der Waals surface area contributed by atoms with Crippen LogP contribution in [-0.2, 0) is 25.5 Å². The molecule has 2 aliphatic rings. The van der Waals surface area contributed by atoms with Crippen LogP contribution in [-0.4, -0.2) is 24.5 Å². The lowest BCUT2D eigenvalue weighted by atomic mass is 9.73. The summed E-state index contributed by atoms with van der Waals surface area (Å²) in [6.45, 7) is 12.1. The van der Waals surface area contributed by atoms with Crippen LogP contribution in [0.3, 0.4) is 0 Å². The average molecular weight is 385 g/mol. The Balaban J connectivity index is 0.000000409. The molecule has 1 unspecified atom stereocenters. The SMILES string of the molecule is C=CCCC=O.Cc1ccc(CC(C)[C@]23C[C@@H](C)C(=O)C=C2OCO3)cc1C. The number of carbonyl (C=O) groups is 2. The molecule has 0 bridgehead atoms. The second-order valence-corrected chi connectivity index (χ2v) is 7.87. The number of ketones is 1. The van der Waals surface area contributed by atoms with Gasteiger partial charge in [0.15, 0.2) is 12.6 Å². The molecule has 1 aromatic carbocycles. The molecular weight excluding hydrogens is 352 g/mol. The summed E-state index contributed by atoms with van der Waals surface area (Å²) >= 11 is 0. The highest BCUT2D eigenvalue weighted by atomic mass is 16.7. The summed E-state index contributed by atoms with van der Waals surface area (Å²) in [5.41, 5.74) is 3.50. The number of hydrogen-bond acceptors (Lipinski definition) is 4. The van der Waals surface area contributed by atoms with E-state index in [1.807, 2.05) is 6.92 Å². The molecule has 0 aromatic heterocycles. The molecule has 1 heterocycles. The number of hydrogen-bond donors (Lipinski definition) is 0. The molecule has 28 heavy (non-hydrogen) atoms. The van der Waals surface area contributed by atoms with Crippen LogP contribution in [0.25, 0.3) is 0 Å². The van der Waals surface area contributed by atoms with Crippen LogP contribution < -0.4 is 0 Å². The molecule has 0 spiro atoms. The lowest BCUT2D eigenvalue weighted by Gasteiger charge is -2.37. The molecule has 1 aliphatic carbocycles. The van der Waals surface area contributed by atoms with Gasteiger partial charge in [0.2, 0.25) is 0 Å². The average Bonchev–Trinajstić information content (AvgIpc) is 3.07. The van der Waals surface area contributed by atoms with E-state index in [1.165, 1.54) is 16.7 Å². The monoisotopic (exact) mass is 384 g/mol. The zero-order valence-corrected chi connectivity index (χ0v) is 17.5. The van der Waals surface area contributed by atoms with Crippen molar-refractivity contribution in [3.8, 4) is 0 Å². The molecule has 4 heteroatoms. The minimum atomic E-state index is -0.438. The normalized spacial score (nSPS) is 24.2. The Bertz CT molecular complexity index is 741. The van der Waals surface area contributed by atoms with Gasteiger partial charge in [-0.25, -0.2) is 0 Å². The van der Waals surface area contributed by atoms with E-state index in [9.17, 15) is 9.59 Å². The Labute approximate surface area is 168 Å². The molecular formula is C24H32O4. The number of ether oxygens (including phenoxy) is 2. The van der Waals surface area contributed by atoms with Crippen molar-refractivity contribution < 1.29 is 19.1 Å². The maximum atomic E-state index is 11.9. The van der Waals surface area contributed by atoms with Crippen molar-refractivity contribution in [2.45, 2.75) is 59.0 Å². The number of carbonyl (C=O) groups excluding carboxylic acids is 2. The maximum Gasteiger partial charge on any atom is 0.189 e. The molecule has 1 fully saturated rings. The number of fused-ring (bicyclic) bond motifs is 1. The van der Waals surface area contributed by atoms with Gasteiger partial charge in [-0.05, 0) is 55.7 Å². The second kappa shape index (κ2) is 9.83. The summed E-state index contributed by atoms with van der Waals surface area (Å²) in [4.78, 5) is 21.4. The van der Waals surface area contributed by atoms with E-state index >= 15 is 0 Å². The Kier molecular flexibility index (Phi) is 7.76. The summed E-state index contributed by atoms with van der Waals surface area (Å²) in [6, 6.07) is 6.61. The second-order valence-electron chi connectivity index (χ2n) is 7.87. The fraction of sp³-hybridized carbons (Fsp3) is 0.500. The quantitative estimate of drug-likeness (QED) is 0.399. The number of aldehydes is 1. The highest BCUT2D eigenvalue weighted by molar-refractivity contribution is 5.93. The summed E-state index contributed by atoms with van der Waals surface area (Å²) in [7, 11) is 0. The largest absolute Gasteiger partial charge is 0.469 e. The van der Waals surface area contributed by atoms with Crippen LogP contribution in [0.15, 0.2) is 42.7 Å². The van der Waals surface area contributed by atoms with Crippen LogP contribution in [0.1, 0.15) is 49.8 Å². The van der Waals surface area contributed by atoms with E-state index in [0.29, 0.717) is 12.8 Å². The van der Waals surface area contributed by atoms with E-state index in [0.717, 1.165) is 24.9 Å². The van der Waals surface area contributed by atoms with Crippen molar-refractivity contribution in [2.24, 2.45) is 11.8 Å². The van der Waals surface area contributed by atoms with Crippen LogP contribution in [0, 0.1) is 25.7 Å². The Hall–Kier alpha value is -2.20.